The molecule has 0 amide bonds. The van der Waals surface area contributed by atoms with E-state index in [1.54, 1.807) is 0 Å². The van der Waals surface area contributed by atoms with Gasteiger partial charge in [0.05, 0.1) is 25.0 Å². The van der Waals surface area contributed by atoms with E-state index in [1.165, 1.54) is 20.7 Å². The second-order valence-electron chi connectivity index (χ2n) is 17.1. The minimum Gasteiger partial charge on any atom is -0.460 e. The minimum atomic E-state index is -2.77. The Morgan fingerprint density at radius 3 is 1.09 bits per heavy atom. The highest BCUT2D eigenvalue weighted by atomic mass is 28.4. The van der Waals surface area contributed by atoms with Gasteiger partial charge in [-0.3, -0.25) is 9.59 Å². The van der Waals surface area contributed by atoms with Gasteiger partial charge in [-0.15, -0.1) is 0 Å². The van der Waals surface area contributed by atoms with Gasteiger partial charge in [-0.05, 0) is 43.7 Å². The summed E-state index contributed by atoms with van der Waals surface area (Å²) < 4.78 is 26.0. The summed E-state index contributed by atoms with van der Waals surface area (Å²) in [6, 6.07) is 42.0. The number of carbonyl (C=O) groups is 2. The van der Waals surface area contributed by atoms with E-state index >= 15 is 0 Å². The molecule has 0 radical (unpaired) electrons. The molecule has 2 saturated heterocycles. The number of esters is 2. The summed E-state index contributed by atoms with van der Waals surface area (Å²) in [5.74, 6) is -1.09. The molecule has 6 nitrogen and oxygen atoms in total. The lowest BCUT2D eigenvalue weighted by Crippen LogP contribution is -2.67. The highest BCUT2D eigenvalue weighted by molar-refractivity contribution is 7.00. The van der Waals surface area contributed by atoms with Gasteiger partial charge in [-0.2, -0.15) is 0 Å². The molecule has 0 aliphatic carbocycles. The number of rotatable bonds is 14. The molecule has 0 N–H and O–H groups in total. The van der Waals surface area contributed by atoms with E-state index < -0.39 is 16.6 Å². The number of hydrogen-bond donors (Lipinski definition) is 0. The predicted octanol–water partition coefficient (Wildman–Crippen LogP) is 7.34. The molecule has 0 saturated carbocycles. The molecule has 2 heterocycles. The minimum absolute atomic E-state index is 0.176. The molecule has 284 valence electrons. The smallest absolute Gasteiger partial charge is 0.309 e. The quantitative estimate of drug-likeness (QED) is 0.0762. The van der Waals surface area contributed by atoms with Crippen LogP contribution in [0, 0.1) is 11.8 Å². The standard InChI is InChI=1S/C46H56O6Si2/c1-34(28-35-30-37(51-43(35)47)32-49-53(45(2,3)4,39-20-12-8-13-21-39)40-22-14-9-15-23-40)29-36-31-38(52-44(36)48)33-50-54(46(5,6)7,41-24-16-10-17-25-41)42-26-18-11-19-27-42/h8-27,35-38H,1,28-33H2,2-7H3/t35?,36?,37-,38+. The zero-order chi connectivity index (χ0) is 38.6. The lowest BCUT2D eigenvalue weighted by atomic mass is 9.90. The molecule has 6 rings (SSSR count). The first-order valence-corrected chi connectivity index (χ1v) is 23.1. The Labute approximate surface area is 324 Å². The molecule has 2 fully saturated rings. The maximum atomic E-state index is 13.2. The van der Waals surface area contributed by atoms with Crippen molar-refractivity contribution in [3.8, 4) is 0 Å². The number of benzene rings is 4. The summed E-state index contributed by atoms with van der Waals surface area (Å²) in [6.07, 6.45) is 1.36. The first-order chi connectivity index (χ1) is 25.7. The number of ether oxygens (including phenoxy) is 2. The van der Waals surface area contributed by atoms with Crippen molar-refractivity contribution in [1.82, 2.24) is 0 Å². The summed E-state index contributed by atoms with van der Waals surface area (Å²) in [7, 11) is -5.54. The molecule has 54 heavy (non-hydrogen) atoms. The molecule has 0 bridgehead atoms. The topological polar surface area (TPSA) is 71.1 Å². The van der Waals surface area contributed by atoms with Crippen molar-refractivity contribution in [2.24, 2.45) is 11.8 Å². The van der Waals surface area contributed by atoms with E-state index in [-0.39, 0.29) is 46.1 Å². The molecule has 4 atom stereocenters. The van der Waals surface area contributed by atoms with Crippen LogP contribution in [-0.2, 0) is 27.9 Å². The zero-order valence-electron chi connectivity index (χ0n) is 32.8. The second kappa shape index (κ2) is 16.3. The molecule has 4 aromatic rings. The summed E-state index contributed by atoms with van der Waals surface area (Å²) >= 11 is 0. The molecule has 4 aromatic carbocycles. The molecular weight excluding hydrogens is 705 g/mol. The van der Waals surface area contributed by atoms with Crippen LogP contribution in [0.4, 0.5) is 0 Å². The van der Waals surface area contributed by atoms with Crippen molar-refractivity contribution in [1.29, 1.82) is 0 Å². The highest BCUT2D eigenvalue weighted by Gasteiger charge is 2.52. The summed E-state index contributed by atoms with van der Waals surface area (Å²) in [6.45, 7) is 18.4. The first kappa shape index (κ1) is 39.6. The lowest BCUT2D eigenvalue weighted by molar-refractivity contribution is -0.145. The van der Waals surface area contributed by atoms with E-state index in [9.17, 15) is 9.59 Å². The van der Waals surface area contributed by atoms with Gasteiger partial charge in [-0.25, -0.2) is 0 Å². The predicted molar refractivity (Wildman–Crippen MR) is 221 cm³/mol. The van der Waals surface area contributed by atoms with Crippen LogP contribution in [0.25, 0.3) is 0 Å². The van der Waals surface area contributed by atoms with Crippen molar-refractivity contribution >= 4 is 49.3 Å². The van der Waals surface area contributed by atoms with E-state index in [0.717, 1.165) is 5.57 Å². The fourth-order valence-electron chi connectivity index (χ4n) is 8.72. The van der Waals surface area contributed by atoms with Gasteiger partial charge < -0.3 is 18.3 Å². The van der Waals surface area contributed by atoms with Crippen LogP contribution in [0.5, 0.6) is 0 Å². The maximum absolute atomic E-state index is 13.2. The van der Waals surface area contributed by atoms with Gasteiger partial charge >= 0.3 is 11.9 Å². The highest BCUT2D eigenvalue weighted by Crippen LogP contribution is 2.40. The lowest BCUT2D eigenvalue weighted by Gasteiger charge is -2.43. The van der Waals surface area contributed by atoms with Gasteiger partial charge in [0.15, 0.2) is 0 Å². The Bertz CT molecular complexity index is 1650. The maximum Gasteiger partial charge on any atom is 0.309 e. The van der Waals surface area contributed by atoms with Crippen molar-refractivity contribution in [2.45, 2.75) is 89.5 Å². The Morgan fingerprint density at radius 2 is 0.833 bits per heavy atom. The Kier molecular flexibility index (Phi) is 12.0. The molecular formula is C46H56O6Si2. The van der Waals surface area contributed by atoms with E-state index in [4.69, 9.17) is 18.3 Å². The van der Waals surface area contributed by atoms with Crippen LogP contribution in [0.1, 0.15) is 67.2 Å². The monoisotopic (exact) mass is 760 g/mol. The molecule has 0 spiro atoms. The first-order valence-electron chi connectivity index (χ1n) is 19.3. The third kappa shape index (κ3) is 8.13. The van der Waals surface area contributed by atoms with Gasteiger partial charge in [0.25, 0.3) is 16.6 Å². The van der Waals surface area contributed by atoms with E-state index in [2.05, 4.69) is 145 Å². The molecule has 8 heteroatoms. The fraction of sp³-hybridized carbons (Fsp3) is 0.391. The second-order valence-corrected chi connectivity index (χ2v) is 25.7. The third-order valence-corrected chi connectivity index (χ3v) is 21.2. The van der Waals surface area contributed by atoms with Gasteiger partial charge in [0.2, 0.25) is 0 Å². The Hall–Kier alpha value is -4.09. The van der Waals surface area contributed by atoms with Crippen LogP contribution >= 0.6 is 0 Å². The SMILES string of the molecule is C=C(CC1C[C@@H](CO[Si](c2ccccc2)(c2ccccc2)C(C)(C)C)OC1=O)CC1C[C@H](CO[Si](c2ccccc2)(c2ccccc2)C(C)(C)C)OC1=O. The van der Waals surface area contributed by atoms with Crippen molar-refractivity contribution in [3.05, 3.63) is 133 Å². The van der Waals surface area contributed by atoms with Gasteiger partial charge in [0.1, 0.15) is 12.2 Å². The van der Waals surface area contributed by atoms with Crippen LogP contribution < -0.4 is 20.7 Å². The van der Waals surface area contributed by atoms with Crippen molar-refractivity contribution in [3.63, 3.8) is 0 Å². The molecule has 2 unspecified atom stereocenters. The van der Waals surface area contributed by atoms with Crippen LogP contribution in [-0.4, -0.2) is 54.0 Å². The fourth-order valence-corrected chi connectivity index (χ4v) is 17.9. The number of cyclic esters (lactones) is 2. The Morgan fingerprint density at radius 1 is 0.556 bits per heavy atom. The molecule has 2 aliphatic heterocycles. The molecule has 2 aliphatic rings. The molecule has 0 aromatic heterocycles. The van der Waals surface area contributed by atoms with Gasteiger partial charge in [0, 0.05) is 12.8 Å². The average molecular weight is 761 g/mol. The third-order valence-electron chi connectivity index (χ3n) is 11.2. The zero-order valence-corrected chi connectivity index (χ0v) is 34.8. The van der Waals surface area contributed by atoms with E-state index in [1.807, 2.05) is 24.3 Å². The van der Waals surface area contributed by atoms with Crippen LogP contribution in [0.2, 0.25) is 10.1 Å². The van der Waals surface area contributed by atoms with Crippen molar-refractivity contribution < 1.29 is 27.9 Å². The average Bonchev–Trinajstić information content (AvgIpc) is 3.68. The van der Waals surface area contributed by atoms with Crippen LogP contribution in [0.15, 0.2) is 133 Å². The number of carbonyl (C=O) groups excluding carboxylic acids is 2. The van der Waals surface area contributed by atoms with Crippen molar-refractivity contribution in [2.75, 3.05) is 13.2 Å². The normalized spacial score (nSPS) is 20.8. The largest absolute Gasteiger partial charge is 0.460 e. The number of allylic oxidation sites excluding steroid dienone is 1. The number of hydrogen-bond acceptors (Lipinski definition) is 6. The summed E-state index contributed by atoms with van der Waals surface area (Å²) in [5.41, 5.74) is 0.862. The van der Waals surface area contributed by atoms with E-state index in [0.29, 0.717) is 38.9 Å². The summed E-state index contributed by atoms with van der Waals surface area (Å²) in [5, 5.41) is 4.41. The summed E-state index contributed by atoms with van der Waals surface area (Å²) in [4.78, 5) is 26.4. The Balaban J connectivity index is 1.08. The van der Waals surface area contributed by atoms with Gasteiger partial charge in [-0.1, -0.05) is 175 Å². The van der Waals surface area contributed by atoms with Crippen LogP contribution in [0.3, 0.4) is 0 Å².